The van der Waals surface area contributed by atoms with E-state index in [0.717, 1.165) is 17.7 Å². The first-order chi connectivity index (χ1) is 9.90. The number of carbonyl (C=O) groups excluding carboxylic acids is 1. The van der Waals surface area contributed by atoms with E-state index in [0.29, 0.717) is 6.07 Å². The van der Waals surface area contributed by atoms with Gasteiger partial charge in [0, 0.05) is 13.1 Å². The standard InChI is InChI=1S/C16H14F3NO/c1-10(11-3-5-12(17)6-4-11)20(2)16(21)14-8-7-13(18)9-15(14)19/h3-10H,1-2H3. The highest BCUT2D eigenvalue weighted by molar-refractivity contribution is 5.94. The third-order valence-electron chi connectivity index (χ3n) is 3.42. The maximum atomic E-state index is 13.6. The number of benzene rings is 2. The monoisotopic (exact) mass is 293 g/mol. The zero-order valence-corrected chi connectivity index (χ0v) is 11.6. The van der Waals surface area contributed by atoms with Gasteiger partial charge in [-0.05, 0) is 36.8 Å². The Bertz CT molecular complexity index is 655. The molecule has 0 aromatic heterocycles. The molecule has 0 aliphatic heterocycles. The Morgan fingerprint density at radius 1 is 1.00 bits per heavy atom. The minimum absolute atomic E-state index is 0.201. The van der Waals surface area contributed by atoms with E-state index >= 15 is 0 Å². The molecule has 2 aromatic rings. The van der Waals surface area contributed by atoms with Gasteiger partial charge in [-0.25, -0.2) is 13.2 Å². The molecule has 0 heterocycles. The molecular formula is C16H14F3NO. The fourth-order valence-electron chi connectivity index (χ4n) is 1.99. The molecule has 2 aromatic carbocycles. The average molecular weight is 293 g/mol. The van der Waals surface area contributed by atoms with Gasteiger partial charge in [0.2, 0.25) is 0 Å². The van der Waals surface area contributed by atoms with E-state index in [-0.39, 0.29) is 17.4 Å². The van der Waals surface area contributed by atoms with Gasteiger partial charge in [-0.2, -0.15) is 0 Å². The predicted octanol–water partition coefficient (Wildman–Crippen LogP) is 3.94. The number of hydrogen-bond donors (Lipinski definition) is 0. The maximum Gasteiger partial charge on any atom is 0.257 e. The van der Waals surface area contributed by atoms with Crippen molar-refractivity contribution >= 4 is 5.91 Å². The highest BCUT2D eigenvalue weighted by atomic mass is 19.1. The van der Waals surface area contributed by atoms with Gasteiger partial charge in [-0.15, -0.1) is 0 Å². The summed E-state index contributed by atoms with van der Waals surface area (Å²) < 4.78 is 39.4. The minimum atomic E-state index is -0.904. The summed E-state index contributed by atoms with van der Waals surface area (Å²) in [5.41, 5.74) is 0.516. The molecule has 2 nitrogen and oxygen atoms in total. The van der Waals surface area contributed by atoms with Gasteiger partial charge in [0.15, 0.2) is 0 Å². The van der Waals surface area contributed by atoms with Crippen LogP contribution >= 0.6 is 0 Å². The molecule has 0 saturated heterocycles. The van der Waals surface area contributed by atoms with E-state index in [9.17, 15) is 18.0 Å². The van der Waals surface area contributed by atoms with E-state index in [4.69, 9.17) is 0 Å². The number of carbonyl (C=O) groups is 1. The second kappa shape index (κ2) is 5.99. The van der Waals surface area contributed by atoms with Crippen LogP contribution in [0.1, 0.15) is 28.9 Å². The van der Waals surface area contributed by atoms with Crippen LogP contribution in [0.5, 0.6) is 0 Å². The zero-order chi connectivity index (χ0) is 15.6. The molecule has 1 amide bonds. The highest BCUT2D eigenvalue weighted by Gasteiger charge is 2.21. The van der Waals surface area contributed by atoms with Crippen molar-refractivity contribution < 1.29 is 18.0 Å². The molecule has 1 atom stereocenters. The smallest absolute Gasteiger partial charge is 0.257 e. The molecular weight excluding hydrogens is 279 g/mol. The summed E-state index contributed by atoms with van der Waals surface area (Å²) in [6, 6.07) is 8.15. The van der Waals surface area contributed by atoms with E-state index in [1.807, 2.05) is 0 Å². The van der Waals surface area contributed by atoms with Crippen molar-refractivity contribution in [3.05, 3.63) is 71.0 Å². The van der Waals surface area contributed by atoms with Gasteiger partial charge in [0.05, 0.1) is 11.6 Å². The van der Waals surface area contributed by atoms with Crippen LogP contribution in [-0.4, -0.2) is 17.9 Å². The number of halogens is 3. The normalized spacial score (nSPS) is 12.0. The van der Waals surface area contributed by atoms with E-state index in [2.05, 4.69) is 0 Å². The van der Waals surface area contributed by atoms with Crippen LogP contribution in [0.2, 0.25) is 0 Å². The Morgan fingerprint density at radius 2 is 1.57 bits per heavy atom. The van der Waals surface area contributed by atoms with Gasteiger partial charge in [-0.3, -0.25) is 4.79 Å². The van der Waals surface area contributed by atoms with Crippen molar-refractivity contribution in [2.24, 2.45) is 0 Å². The average Bonchev–Trinajstić information content (AvgIpc) is 2.46. The van der Waals surface area contributed by atoms with Gasteiger partial charge in [-0.1, -0.05) is 12.1 Å². The molecule has 0 aliphatic carbocycles. The summed E-state index contributed by atoms with van der Waals surface area (Å²) in [7, 11) is 1.51. The molecule has 0 saturated carbocycles. The largest absolute Gasteiger partial charge is 0.335 e. The van der Waals surface area contributed by atoms with Crippen molar-refractivity contribution in [2.75, 3.05) is 7.05 Å². The molecule has 110 valence electrons. The predicted molar refractivity (Wildman–Crippen MR) is 73.3 cm³/mol. The fraction of sp³-hybridized carbons (Fsp3) is 0.188. The summed E-state index contributed by atoms with van der Waals surface area (Å²) in [6.07, 6.45) is 0. The van der Waals surface area contributed by atoms with Crippen molar-refractivity contribution in [1.82, 2.24) is 4.90 Å². The Labute approximate surface area is 120 Å². The Kier molecular flexibility index (Phi) is 4.31. The lowest BCUT2D eigenvalue weighted by Gasteiger charge is -2.25. The molecule has 2 rings (SSSR count). The van der Waals surface area contributed by atoms with E-state index in [1.54, 1.807) is 19.1 Å². The minimum Gasteiger partial charge on any atom is -0.335 e. The summed E-state index contributed by atoms with van der Waals surface area (Å²) >= 11 is 0. The highest BCUT2D eigenvalue weighted by Crippen LogP contribution is 2.22. The summed E-state index contributed by atoms with van der Waals surface area (Å²) in [4.78, 5) is 13.6. The molecule has 0 spiro atoms. The lowest BCUT2D eigenvalue weighted by molar-refractivity contribution is 0.0738. The van der Waals surface area contributed by atoms with Crippen LogP contribution < -0.4 is 0 Å². The van der Waals surface area contributed by atoms with Gasteiger partial charge >= 0.3 is 0 Å². The number of nitrogens with zero attached hydrogens (tertiary/aromatic N) is 1. The third-order valence-corrected chi connectivity index (χ3v) is 3.42. The molecule has 21 heavy (non-hydrogen) atoms. The van der Waals surface area contributed by atoms with E-state index in [1.165, 1.54) is 24.1 Å². The van der Waals surface area contributed by atoms with Gasteiger partial charge in [0.25, 0.3) is 5.91 Å². The summed E-state index contributed by atoms with van der Waals surface area (Å²) in [5.74, 6) is -2.58. The van der Waals surface area contributed by atoms with Crippen molar-refractivity contribution in [1.29, 1.82) is 0 Å². The molecule has 1 unspecified atom stereocenters. The maximum absolute atomic E-state index is 13.6. The summed E-state index contributed by atoms with van der Waals surface area (Å²) in [5, 5.41) is 0. The molecule has 0 bridgehead atoms. The van der Waals surface area contributed by atoms with Crippen molar-refractivity contribution in [3.63, 3.8) is 0 Å². The second-order valence-electron chi connectivity index (χ2n) is 4.77. The zero-order valence-electron chi connectivity index (χ0n) is 11.6. The van der Waals surface area contributed by atoms with Crippen LogP contribution in [0.3, 0.4) is 0 Å². The first kappa shape index (κ1) is 15.1. The lowest BCUT2D eigenvalue weighted by Crippen LogP contribution is -2.30. The number of hydrogen-bond acceptors (Lipinski definition) is 1. The topological polar surface area (TPSA) is 20.3 Å². The number of amides is 1. The van der Waals surface area contributed by atoms with Crippen LogP contribution in [0.4, 0.5) is 13.2 Å². The molecule has 5 heteroatoms. The first-order valence-electron chi connectivity index (χ1n) is 6.38. The van der Waals surface area contributed by atoms with Crippen LogP contribution in [0.15, 0.2) is 42.5 Å². The SMILES string of the molecule is CC(c1ccc(F)cc1)N(C)C(=O)c1ccc(F)cc1F. The Hall–Kier alpha value is -2.30. The molecule has 0 aliphatic rings. The van der Waals surface area contributed by atoms with Gasteiger partial charge in [0.1, 0.15) is 17.5 Å². The van der Waals surface area contributed by atoms with Crippen molar-refractivity contribution in [2.45, 2.75) is 13.0 Å². The second-order valence-corrected chi connectivity index (χ2v) is 4.77. The first-order valence-corrected chi connectivity index (χ1v) is 6.38. The van der Waals surface area contributed by atoms with Crippen LogP contribution in [0, 0.1) is 17.5 Å². The number of rotatable bonds is 3. The van der Waals surface area contributed by atoms with Crippen LogP contribution in [-0.2, 0) is 0 Å². The molecule has 0 N–H and O–H groups in total. The Balaban J connectivity index is 2.24. The van der Waals surface area contributed by atoms with Crippen LogP contribution in [0.25, 0.3) is 0 Å². The van der Waals surface area contributed by atoms with Crippen molar-refractivity contribution in [3.8, 4) is 0 Å². The summed E-state index contributed by atoms with van der Waals surface area (Å²) in [6.45, 7) is 1.74. The molecule has 0 radical (unpaired) electrons. The third kappa shape index (κ3) is 3.24. The fourth-order valence-corrected chi connectivity index (χ4v) is 1.99. The lowest BCUT2D eigenvalue weighted by atomic mass is 10.1. The Morgan fingerprint density at radius 3 is 2.14 bits per heavy atom. The van der Waals surface area contributed by atoms with Gasteiger partial charge < -0.3 is 4.90 Å². The van der Waals surface area contributed by atoms with E-state index < -0.39 is 17.5 Å². The molecule has 0 fully saturated rings. The quantitative estimate of drug-likeness (QED) is 0.839.